The zero-order valence-corrected chi connectivity index (χ0v) is 20.3. The topological polar surface area (TPSA) is 84.7 Å². The lowest BCUT2D eigenvalue weighted by Gasteiger charge is -2.36. The van der Waals surface area contributed by atoms with Gasteiger partial charge in [0.15, 0.2) is 17.4 Å². The maximum absolute atomic E-state index is 13.5. The van der Waals surface area contributed by atoms with Gasteiger partial charge in [0.1, 0.15) is 18.5 Å². The van der Waals surface area contributed by atoms with Gasteiger partial charge >= 0.3 is 6.18 Å². The van der Waals surface area contributed by atoms with Crippen molar-refractivity contribution in [3.8, 4) is 5.88 Å². The number of alkyl halides is 3. The maximum Gasteiger partial charge on any atom is 0.416 e. The maximum atomic E-state index is 13.5. The van der Waals surface area contributed by atoms with Crippen molar-refractivity contribution in [2.24, 2.45) is 9.98 Å². The second kappa shape index (κ2) is 8.80. The van der Waals surface area contributed by atoms with E-state index in [1.54, 1.807) is 17.2 Å². The quantitative estimate of drug-likeness (QED) is 0.603. The van der Waals surface area contributed by atoms with Crippen LogP contribution in [0, 0.1) is 0 Å². The third-order valence-electron chi connectivity index (χ3n) is 6.53. The Bertz CT molecular complexity index is 1310. The fraction of sp³-hybridized carbons (Fsp3) is 0.440. The predicted octanol–water partition coefficient (Wildman–Crippen LogP) is 3.62. The van der Waals surface area contributed by atoms with Crippen LogP contribution in [-0.2, 0) is 15.7 Å². The largest absolute Gasteiger partial charge is 0.474 e. The Hall–Kier alpha value is -3.51. The van der Waals surface area contributed by atoms with E-state index < -0.39 is 17.5 Å². The van der Waals surface area contributed by atoms with Crippen molar-refractivity contribution in [1.82, 2.24) is 14.9 Å². The molecule has 4 aliphatic rings. The van der Waals surface area contributed by atoms with E-state index in [1.165, 1.54) is 18.5 Å². The molecule has 0 unspecified atom stereocenters. The number of halogens is 3. The number of hydrogen-bond acceptors (Lipinski definition) is 9. The van der Waals surface area contributed by atoms with E-state index >= 15 is 0 Å². The highest BCUT2D eigenvalue weighted by molar-refractivity contribution is 6.30. The van der Waals surface area contributed by atoms with Crippen LogP contribution >= 0.6 is 0 Å². The molecule has 0 saturated carbocycles. The molecular formula is C25H25F3N6O3. The number of aromatic nitrogens is 2. The Kier molecular flexibility index (Phi) is 5.68. The molecule has 0 amide bonds. The Labute approximate surface area is 211 Å². The Morgan fingerprint density at radius 3 is 2.84 bits per heavy atom. The minimum Gasteiger partial charge on any atom is -0.474 e. The first-order chi connectivity index (χ1) is 17.7. The van der Waals surface area contributed by atoms with Gasteiger partial charge in [0.05, 0.1) is 42.5 Å². The third kappa shape index (κ3) is 4.66. The summed E-state index contributed by atoms with van der Waals surface area (Å²) in [7, 11) is 0. The molecule has 0 spiro atoms. The molecule has 12 heteroatoms. The van der Waals surface area contributed by atoms with Gasteiger partial charge in [-0.05, 0) is 32.4 Å². The fourth-order valence-electron chi connectivity index (χ4n) is 4.83. The normalized spacial score (nSPS) is 24.4. The lowest BCUT2D eigenvalue weighted by molar-refractivity contribution is -0.141. The zero-order valence-electron chi connectivity index (χ0n) is 20.3. The van der Waals surface area contributed by atoms with E-state index in [0.29, 0.717) is 18.3 Å². The van der Waals surface area contributed by atoms with Crippen LogP contribution < -0.4 is 9.64 Å². The molecule has 2 saturated heterocycles. The van der Waals surface area contributed by atoms with Gasteiger partial charge < -0.3 is 19.1 Å². The zero-order chi connectivity index (χ0) is 25.8. The van der Waals surface area contributed by atoms with E-state index in [4.69, 9.17) is 19.2 Å². The summed E-state index contributed by atoms with van der Waals surface area (Å²) >= 11 is 0. The van der Waals surface area contributed by atoms with Crippen molar-refractivity contribution >= 4 is 17.5 Å². The summed E-state index contributed by atoms with van der Waals surface area (Å²) in [6.07, 6.45) is 0.798. The van der Waals surface area contributed by atoms with Gasteiger partial charge in [0.2, 0.25) is 5.88 Å². The summed E-state index contributed by atoms with van der Waals surface area (Å²) < 4.78 is 57.7. The number of amidine groups is 2. The van der Waals surface area contributed by atoms with E-state index in [1.807, 2.05) is 13.8 Å². The minimum atomic E-state index is -4.49. The van der Waals surface area contributed by atoms with Crippen LogP contribution in [0.2, 0.25) is 0 Å². The number of hydrogen-bond donors (Lipinski definition) is 0. The van der Waals surface area contributed by atoms with E-state index in [0.717, 1.165) is 37.3 Å². The van der Waals surface area contributed by atoms with Gasteiger partial charge in [0, 0.05) is 18.7 Å². The van der Waals surface area contributed by atoms with Gasteiger partial charge in [-0.25, -0.2) is 4.99 Å². The second-order valence-corrected chi connectivity index (χ2v) is 9.70. The van der Waals surface area contributed by atoms with Gasteiger partial charge in [-0.15, -0.1) is 0 Å². The van der Waals surface area contributed by atoms with Crippen LogP contribution in [0.15, 0.2) is 58.5 Å². The van der Waals surface area contributed by atoms with Gasteiger partial charge in [-0.2, -0.15) is 18.2 Å². The third-order valence-corrected chi connectivity index (χ3v) is 6.53. The lowest BCUT2D eigenvalue weighted by Crippen LogP contribution is -2.47. The van der Waals surface area contributed by atoms with Gasteiger partial charge in [-0.3, -0.25) is 14.9 Å². The monoisotopic (exact) mass is 514 g/mol. The molecule has 2 bridgehead atoms. The summed E-state index contributed by atoms with van der Waals surface area (Å²) in [6.45, 7) is 5.88. The average molecular weight is 515 g/mol. The van der Waals surface area contributed by atoms with E-state index in [-0.39, 0.29) is 36.0 Å². The SMILES string of the molecule is CC1(C)OC[C@@H](COc2cncc(N3C4=N[C@H]5CCN(C5)C4=CN=C3c3cccc(C(F)(F)F)c3)n2)O1. The van der Waals surface area contributed by atoms with Crippen LogP contribution in [0.1, 0.15) is 31.4 Å². The minimum absolute atomic E-state index is 0.0887. The molecule has 9 nitrogen and oxygen atoms in total. The standard InChI is InChI=1S/C25H25F3N6O3/c1-24(2)36-14-18(37-24)13-35-21-11-29-10-20(32-21)34-22(15-4-3-5-16(8-15)25(26,27)28)30-9-19-23(34)31-17-6-7-33(19)12-17/h3-5,8-11,17-18H,6-7,12-14H2,1-2H3/t17-,18+/m0/s1. The molecule has 2 atom stereocenters. The van der Waals surface area contributed by atoms with Crippen molar-refractivity contribution in [1.29, 1.82) is 0 Å². The second-order valence-electron chi connectivity index (χ2n) is 9.70. The molecule has 0 radical (unpaired) electrons. The highest BCUT2D eigenvalue weighted by atomic mass is 19.4. The number of nitrogens with zero attached hydrogens (tertiary/aromatic N) is 6. The summed E-state index contributed by atoms with van der Waals surface area (Å²) in [5.74, 6) is 0.755. The van der Waals surface area contributed by atoms with Crippen LogP contribution in [-0.4, -0.2) is 70.8 Å². The smallest absolute Gasteiger partial charge is 0.416 e. The molecule has 1 aromatic carbocycles. The van der Waals surface area contributed by atoms with Crippen molar-refractivity contribution in [3.63, 3.8) is 0 Å². The van der Waals surface area contributed by atoms with Crippen LogP contribution in [0.3, 0.4) is 0 Å². The molecule has 5 heterocycles. The molecule has 4 aliphatic heterocycles. The molecule has 6 rings (SSSR count). The molecule has 194 valence electrons. The van der Waals surface area contributed by atoms with E-state index in [2.05, 4.69) is 19.9 Å². The Morgan fingerprint density at radius 2 is 2.05 bits per heavy atom. The number of benzene rings is 1. The molecule has 2 fully saturated rings. The summed E-state index contributed by atoms with van der Waals surface area (Å²) in [4.78, 5) is 22.2. The molecule has 0 aliphatic carbocycles. The number of rotatable bonds is 5. The van der Waals surface area contributed by atoms with Crippen LogP contribution in [0.5, 0.6) is 5.88 Å². The van der Waals surface area contributed by atoms with E-state index in [9.17, 15) is 13.2 Å². The van der Waals surface area contributed by atoms with Crippen molar-refractivity contribution in [3.05, 3.63) is 59.7 Å². The van der Waals surface area contributed by atoms with Crippen LogP contribution in [0.25, 0.3) is 0 Å². The van der Waals surface area contributed by atoms with Crippen LogP contribution in [0.4, 0.5) is 19.0 Å². The molecular weight excluding hydrogens is 489 g/mol. The highest BCUT2D eigenvalue weighted by Gasteiger charge is 2.39. The van der Waals surface area contributed by atoms with Gasteiger partial charge in [-0.1, -0.05) is 12.1 Å². The molecule has 1 aromatic heterocycles. The number of aliphatic imine (C=N–C) groups is 2. The summed E-state index contributed by atoms with van der Waals surface area (Å²) in [5, 5.41) is 0. The first kappa shape index (κ1) is 23.9. The van der Waals surface area contributed by atoms with Crippen molar-refractivity contribution < 1.29 is 27.4 Å². The Balaban J connectivity index is 1.36. The number of anilines is 1. The highest BCUT2D eigenvalue weighted by Crippen LogP contribution is 2.34. The molecule has 37 heavy (non-hydrogen) atoms. The first-order valence-electron chi connectivity index (χ1n) is 12.0. The average Bonchev–Trinajstić information content (AvgIpc) is 3.43. The lowest BCUT2D eigenvalue weighted by atomic mass is 10.1. The van der Waals surface area contributed by atoms with Crippen molar-refractivity contribution in [2.45, 2.75) is 44.4 Å². The number of fused-ring (bicyclic) bond motifs is 4. The van der Waals surface area contributed by atoms with Crippen molar-refractivity contribution in [2.75, 3.05) is 31.2 Å². The molecule has 2 aromatic rings. The number of ether oxygens (including phenoxy) is 3. The first-order valence-corrected chi connectivity index (χ1v) is 12.0. The molecule has 0 N–H and O–H groups in total. The van der Waals surface area contributed by atoms with Gasteiger partial charge in [0.25, 0.3) is 0 Å². The Morgan fingerprint density at radius 1 is 1.19 bits per heavy atom. The predicted molar refractivity (Wildman–Crippen MR) is 128 cm³/mol. The summed E-state index contributed by atoms with van der Waals surface area (Å²) in [5.41, 5.74) is 0.325. The summed E-state index contributed by atoms with van der Waals surface area (Å²) in [6, 6.07) is 5.16. The fourth-order valence-corrected chi connectivity index (χ4v) is 4.83.